The molecule has 0 saturated heterocycles. The van der Waals surface area contributed by atoms with Crippen LogP contribution < -0.4 is 0 Å². The molecule has 0 aromatic carbocycles. The SMILES string of the molecule is COC(=O)C1=COC(OC(C)=O)C2C(CO)CCC12. The number of aliphatic hydroxyl groups is 1. The zero-order valence-corrected chi connectivity index (χ0v) is 11.0. The number of esters is 2. The maximum absolute atomic E-state index is 11.7. The summed E-state index contributed by atoms with van der Waals surface area (Å²) < 4.78 is 15.2. The number of carbonyl (C=O) groups excluding carboxylic acids is 2. The van der Waals surface area contributed by atoms with E-state index in [9.17, 15) is 14.7 Å². The quantitative estimate of drug-likeness (QED) is 0.756. The molecule has 4 atom stereocenters. The zero-order chi connectivity index (χ0) is 14.0. The second-order valence-electron chi connectivity index (χ2n) is 4.88. The Morgan fingerprint density at radius 2 is 2.21 bits per heavy atom. The predicted molar refractivity (Wildman–Crippen MR) is 63.5 cm³/mol. The number of rotatable bonds is 3. The van der Waals surface area contributed by atoms with Crippen molar-refractivity contribution in [3.63, 3.8) is 0 Å². The van der Waals surface area contributed by atoms with E-state index in [1.807, 2.05) is 0 Å². The molecule has 0 aromatic rings. The van der Waals surface area contributed by atoms with Crippen molar-refractivity contribution in [1.82, 2.24) is 0 Å². The first kappa shape index (κ1) is 13.9. The Labute approximate surface area is 111 Å². The van der Waals surface area contributed by atoms with Gasteiger partial charge in [0.25, 0.3) is 0 Å². The zero-order valence-electron chi connectivity index (χ0n) is 11.0. The van der Waals surface area contributed by atoms with Crippen LogP contribution in [0.1, 0.15) is 19.8 Å². The van der Waals surface area contributed by atoms with Crippen LogP contribution in [0, 0.1) is 17.8 Å². The highest BCUT2D eigenvalue weighted by Gasteiger charge is 2.49. The molecule has 0 spiro atoms. The Kier molecular flexibility index (Phi) is 4.09. The molecule has 1 N–H and O–H groups in total. The fourth-order valence-corrected chi connectivity index (χ4v) is 3.00. The normalized spacial score (nSPS) is 32.9. The summed E-state index contributed by atoms with van der Waals surface area (Å²) >= 11 is 0. The van der Waals surface area contributed by atoms with Crippen molar-refractivity contribution in [3.05, 3.63) is 11.8 Å². The average Bonchev–Trinajstić information content (AvgIpc) is 2.82. The summed E-state index contributed by atoms with van der Waals surface area (Å²) in [5, 5.41) is 9.41. The van der Waals surface area contributed by atoms with Gasteiger partial charge in [0.1, 0.15) is 0 Å². The van der Waals surface area contributed by atoms with Gasteiger partial charge in [0.05, 0.1) is 18.9 Å². The molecule has 4 unspecified atom stereocenters. The summed E-state index contributed by atoms with van der Waals surface area (Å²) in [6.45, 7) is 1.29. The fraction of sp³-hybridized carbons (Fsp3) is 0.692. The summed E-state index contributed by atoms with van der Waals surface area (Å²) in [5.41, 5.74) is 0.451. The standard InChI is InChI=1S/C13H18O6/c1-7(15)19-13-11-8(5-14)3-4-9(11)10(6-18-13)12(16)17-2/h6,8-9,11,13-14H,3-5H2,1-2H3. The van der Waals surface area contributed by atoms with Gasteiger partial charge in [0.15, 0.2) is 0 Å². The van der Waals surface area contributed by atoms with Crippen LogP contribution in [0.4, 0.5) is 0 Å². The summed E-state index contributed by atoms with van der Waals surface area (Å²) in [4.78, 5) is 22.8. The average molecular weight is 270 g/mol. The van der Waals surface area contributed by atoms with Gasteiger partial charge < -0.3 is 19.3 Å². The lowest BCUT2D eigenvalue weighted by atomic mass is 9.83. The van der Waals surface area contributed by atoms with E-state index in [1.54, 1.807) is 0 Å². The third-order valence-electron chi connectivity index (χ3n) is 3.84. The van der Waals surface area contributed by atoms with Crippen LogP contribution in [0.2, 0.25) is 0 Å². The summed E-state index contributed by atoms with van der Waals surface area (Å²) in [6.07, 6.45) is 2.09. The van der Waals surface area contributed by atoms with Crippen molar-refractivity contribution in [2.24, 2.45) is 17.8 Å². The second kappa shape index (κ2) is 5.61. The van der Waals surface area contributed by atoms with Gasteiger partial charge in [-0.05, 0) is 18.8 Å². The van der Waals surface area contributed by atoms with Gasteiger partial charge in [0, 0.05) is 25.4 Å². The van der Waals surface area contributed by atoms with E-state index in [2.05, 4.69) is 0 Å². The minimum absolute atomic E-state index is 0.0171. The van der Waals surface area contributed by atoms with E-state index in [4.69, 9.17) is 14.2 Å². The van der Waals surface area contributed by atoms with Gasteiger partial charge in [0.2, 0.25) is 6.29 Å². The van der Waals surface area contributed by atoms with Crippen LogP contribution in [-0.2, 0) is 23.8 Å². The molecule has 106 valence electrons. The van der Waals surface area contributed by atoms with Crippen LogP contribution in [0.3, 0.4) is 0 Å². The van der Waals surface area contributed by atoms with Gasteiger partial charge >= 0.3 is 11.9 Å². The molecule has 0 amide bonds. The van der Waals surface area contributed by atoms with Gasteiger partial charge in [-0.15, -0.1) is 0 Å². The first-order valence-corrected chi connectivity index (χ1v) is 6.30. The number of aliphatic hydroxyl groups excluding tert-OH is 1. The van der Waals surface area contributed by atoms with E-state index < -0.39 is 18.2 Å². The molecule has 6 heteroatoms. The molecule has 2 aliphatic rings. The molecule has 1 fully saturated rings. The Bertz CT molecular complexity index is 402. The lowest BCUT2D eigenvalue weighted by Gasteiger charge is -2.34. The smallest absolute Gasteiger partial charge is 0.337 e. The van der Waals surface area contributed by atoms with E-state index in [1.165, 1.54) is 20.3 Å². The molecule has 0 radical (unpaired) electrons. The van der Waals surface area contributed by atoms with Crippen LogP contribution in [-0.4, -0.2) is 37.1 Å². The van der Waals surface area contributed by atoms with Crippen LogP contribution in [0.25, 0.3) is 0 Å². The van der Waals surface area contributed by atoms with Crippen molar-refractivity contribution >= 4 is 11.9 Å². The van der Waals surface area contributed by atoms with Crippen molar-refractivity contribution in [2.75, 3.05) is 13.7 Å². The van der Waals surface area contributed by atoms with Crippen LogP contribution >= 0.6 is 0 Å². The third kappa shape index (κ3) is 2.58. The molecule has 6 nitrogen and oxygen atoms in total. The topological polar surface area (TPSA) is 82.1 Å². The number of hydrogen-bond donors (Lipinski definition) is 1. The van der Waals surface area contributed by atoms with Gasteiger partial charge in [-0.2, -0.15) is 0 Å². The molecule has 1 heterocycles. The number of ether oxygens (including phenoxy) is 3. The van der Waals surface area contributed by atoms with Crippen LogP contribution in [0.15, 0.2) is 11.8 Å². The van der Waals surface area contributed by atoms with Gasteiger partial charge in [-0.3, -0.25) is 4.79 Å². The fourth-order valence-electron chi connectivity index (χ4n) is 3.00. The lowest BCUT2D eigenvalue weighted by Crippen LogP contribution is -2.40. The summed E-state index contributed by atoms with van der Waals surface area (Å²) in [6, 6.07) is 0. The molecule has 2 rings (SSSR count). The summed E-state index contributed by atoms with van der Waals surface area (Å²) in [5.74, 6) is -1.21. The minimum Gasteiger partial charge on any atom is -0.466 e. The number of hydrogen-bond acceptors (Lipinski definition) is 6. The first-order valence-electron chi connectivity index (χ1n) is 6.30. The molecule has 1 aliphatic carbocycles. The van der Waals surface area contributed by atoms with Crippen molar-refractivity contribution in [1.29, 1.82) is 0 Å². The Hall–Kier alpha value is -1.56. The molecular weight excluding hydrogens is 252 g/mol. The molecular formula is C13H18O6. The lowest BCUT2D eigenvalue weighted by molar-refractivity contribution is -0.187. The second-order valence-corrected chi connectivity index (χ2v) is 4.88. The maximum Gasteiger partial charge on any atom is 0.337 e. The van der Waals surface area contributed by atoms with Crippen LogP contribution in [0.5, 0.6) is 0 Å². The first-order chi connectivity index (χ1) is 9.08. The number of fused-ring (bicyclic) bond motifs is 1. The third-order valence-corrected chi connectivity index (χ3v) is 3.84. The molecule has 1 aliphatic heterocycles. The highest BCUT2D eigenvalue weighted by atomic mass is 16.7. The van der Waals surface area contributed by atoms with E-state index in [0.29, 0.717) is 5.57 Å². The van der Waals surface area contributed by atoms with Gasteiger partial charge in [-0.1, -0.05) is 0 Å². The molecule has 19 heavy (non-hydrogen) atoms. The Morgan fingerprint density at radius 3 is 2.79 bits per heavy atom. The van der Waals surface area contributed by atoms with Gasteiger partial charge in [-0.25, -0.2) is 4.79 Å². The molecule has 0 aromatic heterocycles. The van der Waals surface area contributed by atoms with Crippen molar-refractivity contribution < 1.29 is 28.9 Å². The highest BCUT2D eigenvalue weighted by Crippen LogP contribution is 2.46. The monoisotopic (exact) mass is 270 g/mol. The van der Waals surface area contributed by atoms with Crippen molar-refractivity contribution in [2.45, 2.75) is 26.1 Å². The number of carbonyl (C=O) groups is 2. The van der Waals surface area contributed by atoms with E-state index >= 15 is 0 Å². The van der Waals surface area contributed by atoms with E-state index in [0.717, 1.165) is 12.8 Å². The largest absolute Gasteiger partial charge is 0.466 e. The Morgan fingerprint density at radius 1 is 1.47 bits per heavy atom. The number of methoxy groups -OCH3 is 1. The summed E-state index contributed by atoms with van der Waals surface area (Å²) in [7, 11) is 1.31. The Balaban J connectivity index is 2.25. The molecule has 0 bridgehead atoms. The highest BCUT2D eigenvalue weighted by molar-refractivity contribution is 5.89. The molecule has 1 saturated carbocycles. The van der Waals surface area contributed by atoms with Crippen molar-refractivity contribution in [3.8, 4) is 0 Å². The van der Waals surface area contributed by atoms with E-state index in [-0.39, 0.29) is 24.4 Å². The maximum atomic E-state index is 11.7. The predicted octanol–water partition coefficient (Wildman–Crippen LogP) is 0.597. The minimum atomic E-state index is -0.740.